The molecule has 2 fully saturated rings. The molecule has 1 aromatic heterocycles. The van der Waals surface area contributed by atoms with Crippen molar-refractivity contribution in [2.75, 3.05) is 6.54 Å². The van der Waals surface area contributed by atoms with Crippen LogP contribution >= 0.6 is 0 Å². The van der Waals surface area contributed by atoms with Crippen LogP contribution in [0.4, 0.5) is 0 Å². The largest absolute Gasteiger partial charge is 0.508 e. The van der Waals surface area contributed by atoms with Gasteiger partial charge in [0, 0.05) is 18.0 Å². The molecule has 8 heteroatoms. The zero-order valence-electron chi connectivity index (χ0n) is 26.7. The van der Waals surface area contributed by atoms with Gasteiger partial charge in [0.05, 0.1) is 23.2 Å². The van der Waals surface area contributed by atoms with Crippen LogP contribution in [0.2, 0.25) is 0 Å². The van der Waals surface area contributed by atoms with E-state index < -0.39 is 35.0 Å². The van der Waals surface area contributed by atoms with E-state index >= 15 is 0 Å². The maximum Gasteiger partial charge on any atom is 0.233 e. The summed E-state index contributed by atoms with van der Waals surface area (Å²) in [6.07, 6.45) is 4.46. The molecule has 49 heavy (non-hydrogen) atoms. The number of carbonyl (C=O) groups excluding carboxylic acids is 4. The highest BCUT2D eigenvalue weighted by Gasteiger charge is 2.66. The van der Waals surface area contributed by atoms with Crippen molar-refractivity contribution < 1.29 is 33.8 Å². The molecule has 1 aliphatic heterocycles. The van der Waals surface area contributed by atoms with Crippen LogP contribution in [0.3, 0.4) is 0 Å². The van der Waals surface area contributed by atoms with Gasteiger partial charge in [-0.15, -0.1) is 0 Å². The molecule has 0 radical (unpaired) electrons. The van der Waals surface area contributed by atoms with E-state index in [1.165, 1.54) is 11.0 Å². The summed E-state index contributed by atoms with van der Waals surface area (Å²) in [7, 11) is 0. The van der Waals surface area contributed by atoms with Crippen molar-refractivity contribution in [3.63, 3.8) is 0 Å². The Bertz CT molecular complexity index is 2030. The van der Waals surface area contributed by atoms with Crippen LogP contribution in [0.15, 0.2) is 119 Å². The number of aromatic hydroxyl groups is 1. The van der Waals surface area contributed by atoms with Crippen LogP contribution in [0.5, 0.6) is 5.75 Å². The van der Waals surface area contributed by atoms with Crippen LogP contribution in [0, 0.1) is 23.7 Å². The molecule has 0 bridgehead atoms. The van der Waals surface area contributed by atoms with Gasteiger partial charge in [-0.05, 0) is 72.2 Å². The van der Waals surface area contributed by atoms with Gasteiger partial charge in [-0.3, -0.25) is 24.1 Å². The molecule has 8 rings (SSSR count). The van der Waals surface area contributed by atoms with E-state index in [0.717, 1.165) is 11.1 Å². The zero-order chi connectivity index (χ0) is 33.9. The monoisotopic (exact) mass is 653 g/mol. The molecule has 8 nitrogen and oxygen atoms in total. The molecular formula is C41H35NO7. The second-order valence-electron chi connectivity index (χ2n) is 13.5. The topological polar surface area (TPSA) is 125 Å². The number of Topliss-reactive ketones (excluding diaryl/α,β-unsaturated/α-hetero) is 1. The van der Waals surface area contributed by atoms with E-state index in [1.54, 1.807) is 36.4 Å². The lowest BCUT2D eigenvalue weighted by Gasteiger charge is -2.54. The number of hydrogen-bond acceptors (Lipinski definition) is 7. The fourth-order valence-electron chi connectivity index (χ4n) is 9.01. The zero-order valence-corrected chi connectivity index (χ0v) is 26.7. The lowest BCUT2D eigenvalue weighted by molar-refractivity contribution is -0.140. The van der Waals surface area contributed by atoms with E-state index in [9.17, 15) is 29.4 Å². The second-order valence-corrected chi connectivity index (χ2v) is 13.5. The minimum atomic E-state index is -1.37. The van der Waals surface area contributed by atoms with Gasteiger partial charge in [0.2, 0.25) is 11.8 Å². The third-order valence-corrected chi connectivity index (χ3v) is 11.1. The number of aliphatic hydroxyl groups is 1. The Morgan fingerprint density at radius 2 is 1.53 bits per heavy atom. The highest BCUT2D eigenvalue weighted by molar-refractivity contribution is 6.31. The van der Waals surface area contributed by atoms with E-state index in [4.69, 9.17) is 4.42 Å². The first kappa shape index (κ1) is 31.0. The molecule has 6 unspecified atom stereocenters. The summed E-state index contributed by atoms with van der Waals surface area (Å²) in [5.41, 5.74) is 2.00. The molecule has 4 aromatic rings. The molecule has 3 aromatic carbocycles. The summed E-state index contributed by atoms with van der Waals surface area (Å²) in [6, 6.07) is 28.6. The SMILES string of the molecule is O=C1C(c2ccccc2)=CC(=O)C2(c3ccccc3)C1CC1C(=CCC3C(=O)N(CCc4ccc(O)cc4)C(=O)C31)C2c1ccc(CO)o1. The van der Waals surface area contributed by atoms with Crippen LogP contribution in [-0.2, 0) is 37.6 Å². The average Bonchev–Trinajstić information content (AvgIpc) is 3.71. The van der Waals surface area contributed by atoms with E-state index in [1.807, 2.05) is 66.7 Å². The second kappa shape index (κ2) is 12.0. The number of fused-ring (bicyclic) bond motifs is 4. The number of phenols is 1. The molecule has 0 spiro atoms. The molecule has 246 valence electrons. The number of carbonyl (C=O) groups is 4. The van der Waals surface area contributed by atoms with Crippen LogP contribution in [0.25, 0.3) is 5.57 Å². The highest BCUT2D eigenvalue weighted by atomic mass is 16.4. The number of allylic oxidation sites excluding steroid dienone is 4. The van der Waals surface area contributed by atoms with Crippen LogP contribution < -0.4 is 0 Å². The lowest BCUT2D eigenvalue weighted by Crippen LogP contribution is -2.58. The fourth-order valence-corrected chi connectivity index (χ4v) is 9.01. The summed E-state index contributed by atoms with van der Waals surface area (Å²) in [6.45, 7) is -0.135. The first-order valence-corrected chi connectivity index (χ1v) is 16.8. The summed E-state index contributed by atoms with van der Waals surface area (Å²) < 4.78 is 6.23. The summed E-state index contributed by atoms with van der Waals surface area (Å²) >= 11 is 0. The lowest BCUT2D eigenvalue weighted by atomic mass is 9.45. The minimum absolute atomic E-state index is 0.142. The molecule has 4 aliphatic rings. The van der Waals surface area contributed by atoms with Crippen LogP contribution in [-0.4, -0.2) is 45.0 Å². The number of amides is 2. The van der Waals surface area contributed by atoms with Crippen molar-refractivity contribution in [3.8, 4) is 5.75 Å². The molecule has 6 atom stereocenters. The normalized spacial score (nSPS) is 27.7. The Balaban J connectivity index is 1.27. The smallest absolute Gasteiger partial charge is 0.233 e. The molecule has 1 saturated heterocycles. The van der Waals surface area contributed by atoms with Crippen molar-refractivity contribution in [1.29, 1.82) is 0 Å². The number of phenolic OH excluding ortho intramolecular Hbond substituents is 1. The van der Waals surface area contributed by atoms with Gasteiger partial charge in [-0.25, -0.2) is 0 Å². The Morgan fingerprint density at radius 1 is 0.816 bits per heavy atom. The number of benzene rings is 3. The van der Waals surface area contributed by atoms with Gasteiger partial charge in [0.1, 0.15) is 23.9 Å². The number of furan rings is 1. The first-order chi connectivity index (χ1) is 23.8. The predicted octanol–water partition coefficient (Wildman–Crippen LogP) is 5.54. The van der Waals surface area contributed by atoms with Crippen molar-refractivity contribution in [2.24, 2.45) is 23.7 Å². The number of nitrogens with zero attached hydrogens (tertiary/aromatic N) is 1. The van der Waals surface area contributed by atoms with Gasteiger partial charge in [0.25, 0.3) is 0 Å². The molecule has 1 saturated carbocycles. The number of hydrogen-bond donors (Lipinski definition) is 2. The fraction of sp³-hybridized carbons (Fsp3) is 0.268. The summed E-state index contributed by atoms with van der Waals surface area (Å²) in [5.74, 6) is -3.35. The number of aliphatic hydroxyl groups excluding tert-OH is 1. The molecule has 3 aliphatic carbocycles. The van der Waals surface area contributed by atoms with Crippen LogP contribution in [0.1, 0.15) is 47.0 Å². The number of imide groups is 1. The summed E-state index contributed by atoms with van der Waals surface area (Å²) in [4.78, 5) is 59.4. The Kier molecular flexibility index (Phi) is 7.56. The maximum atomic E-state index is 15.0. The third kappa shape index (κ3) is 4.76. The van der Waals surface area contributed by atoms with Gasteiger partial charge in [0.15, 0.2) is 11.6 Å². The third-order valence-electron chi connectivity index (χ3n) is 11.1. The van der Waals surface area contributed by atoms with Gasteiger partial charge < -0.3 is 14.6 Å². The first-order valence-electron chi connectivity index (χ1n) is 16.8. The van der Waals surface area contributed by atoms with E-state index in [2.05, 4.69) is 0 Å². The van der Waals surface area contributed by atoms with Crippen molar-refractivity contribution in [2.45, 2.75) is 37.2 Å². The standard InChI is InChI=1S/C41H35NO7/c43-23-28-15-18-34(49-28)37-29-16-17-30-36(40(48)42(39(30)47)20-19-24-11-13-27(44)14-12-24)32(29)21-33-38(46)31(25-7-3-1-4-8-25)22-35(45)41(33,37)26-9-5-2-6-10-26/h1-16,18,22,30,32-33,36-37,43-44H,17,19-21,23H2. The average molecular weight is 654 g/mol. The molecule has 2 heterocycles. The summed E-state index contributed by atoms with van der Waals surface area (Å²) in [5, 5.41) is 19.7. The Hall–Kier alpha value is -5.34. The minimum Gasteiger partial charge on any atom is -0.508 e. The Morgan fingerprint density at radius 3 is 2.22 bits per heavy atom. The van der Waals surface area contributed by atoms with Gasteiger partial charge >= 0.3 is 0 Å². The predicted molar refractivity (Wildman–Crippen MR) is 180 cm³/mol. The highest BCUT2D eigenvalue weighted by Crippen LogP contribution is 2.63. The van der Waals surface area contributed by atoms with E-state index in [-0.39, 0.29) is 48.7 Å². The Labute approximate surface area is 283 Å². The number of likely N-dealkylation sites (tertiary alicyclic amines) is 1. The molecule has 2 N–H and O–H groups in total. The number of rotatable bonds is 7. The van der Waals surface area contributed by atoms with Crippen molar-refractivity contribution in [3.05, 3.63) is 143 Å². The van der Waals surface area contributed by atoms with Gasteiger partial charge in [-0.2, -0.15) is 0 Å². The molecular weight excluding hydrogens is 618 g/mol. The maximum absolute atomic E-state index is 15.0. The van der Waals surface area contributed by atoms with Crippen molar-refractivity contribution in [1.82, 2.24) is 4.90 Å². The quantitative estimate of drug-likeness (QED) is 0.198. The number of ketones is 2. The van der Waals surface area contributed by atoms with Gasteiger partial charge in [-0.1, -0.05) is 84.4 Å². The molecule has 2 amide bonds. The van der Waals surface area contributed by atoms with E-state index in [0.29, 0.717) is 41.1 Å². The van der Waals surface area contributed by atoms with Crippen molar-refractivity contribution >= 4 is 29.0 Å².